The summed E-state index contributed by atoms with van der Waals surface area (Å²) in [5.74, 6) is 0.558. The van der Waals surface area contributed by atoms with Gasteiger partial charge in [-0.1, -0.05) is 6.07 Å². The molecule has 8 heteroatoms. The summed E-state index contributed by atoms with van der Waals surface area (Å²) in [6.45, 7) is 3.05. The molecule has 31 heavy (non-hydrogen) atoms. The Morgan fingerprint density at radius 2 is 1.74 bits per heavy atom. The number of hydrogen-bond donors (Lipinski definition) is 3. The lowest BCUT2D eigenvalue weighted by atomic mass is 10.2. The van der Waals surface area contributed by atoms with Crippen molar-refractivity contribution in [3.05, 3.63) is 66.1 Å². The maximum atomic E-state index is 14.0. The van der Waals surface area contributed by atoms with Crippen LogP contribution in [0.3, 0.4) is 0 Å². The van der Waals surface area contributed by atoms with Crippen molar-refractivity contribution in [1.29, 1.82) is 0 Å². The molecule has 0 aliphatic heterocycles. The quantitative estimate of drug-likeness (QED) is 0.483. The molecule has 164 valence electrons. The molecule has 1 heterocycles. The minimum absolute atomic E-state index is 0.339. The van der Waals surface area contributed by atoms with Gasteiger partial charge in [0, 0.05) is 37.7 Å². The molecule has 1 atom stereocenters. The molecular formula is C23H29FN6O. The average molecular weight is 425 g/mol. The molecule has 7 nitrogen and oxygen atoms in total. The van der Waals surface area contributed by atoms with Crippen molar-refractivity contribution in [1.82, 2.24) is 14.9 Å². The van der Waals surface area contributed by atoms with Crippen LogP contribution in [0.5, 0.6) is 0 Å². The Morgan fingerprint density at radius 1 is 1.00 bits per heavy atom. The molecule has 3 N–H and O–H groups in total. The van der Waals surface area contributed by atoms with Crippen LogP contribution in [-0.2, 0) is 0 Å². The van der Waals surface area contributed by atoms with Gasteiger partial charge in [-0.25, -0.2) is 9.37 Å². The summed E-state index contributed by atoms with van der Waals surface area (Å²) in [4.78, 5) is 12.6. The zero-order valence-electron chi connectivity index (χ0n) is 18.3. The predicted octanol–water partition coefficient (Wildman–Crippen LogP) is 3.77. The van der Waals surface area contributed by atoms with Crippen molar-refractivity contribution in [2.45, 2.75) is 13.0 Å². The zero-order chi connectivity index (χ0) is 22.4. The molecule has 0 amide bonds. The first-order chi connectivity index (χ1) is 14.8. The molecule has 0 spiro atoms. The Bertz CT molecular complexity index is 996. The van der Waals surface area contributed by atoms with Crippen molar-refractivity contribution in [2.75, 3.05) is 49.8 Å². The molecule has 1 aromatic heterocycles. The zero-order valence-corrected chi connectivity index (χ0v) is 18.3. The highest BCUT2D eigenvalue weighted by atomic mass is 19.1. The first-order valence-electron chi connectivity index (χ1n) is 10.1. The molecule has 0 aliphatic carbocycles. The topological polar surface area (TPSA) is 76.6 Å². The number of likely N-dealkylation sites (N-methyl/N-ethyl adjacent to an activating group) is 2. The number of hydrogen-bond acceptors (Lipinski definition) is 7. The maximum absolute atomic E-state index is 14.0. The molecule has 0 radical (unpaired) electrons. The van der Waals surface area contributed by atoms with Crippen molar-refractivity contribution >= 4 is 28.8 Å². The van der Waals surface area contributed by atoms with E-state index in [2.05, 4.69) is 20.6 Å². The minimum atomic E-state index is -0.431. The summed E-state index contributed by atoms with van der Waals surface area (Å²) < 4.78 is 14.0. The number of aliphatic hydroxyl groups excluding tert-OH is 1. The number of anilines is 5. The van der Waals surface area contributed by atoms with Crippen molar-refractivity contribution in [3.63, 3.8) is 0 Å². The summed E-state index contributed by atoms with van der Waals surface area (Å²) in [7, 11) is 5.82. The van der Waals surface area contributed by atoms with Gasteiger partial charge in [0.2, 0.25) is 5.95 Å². The molecule has 2 aromatic carbocycles. The summed E-state index contributed by atoms with van der Waals surface area (Å²) in [6.07, 6.45) is 1.18. The van der Waals surface area contributed by atoms with Crippen LogP contribution in [0.25, 0.3) is 0 Å². The van der Waals surface area contributed by atoms with Gasteiger partial charge in [0.05, 0.1) is 11.8 Å². The van der Waals surface area contributed by atoms with Crippen LogP contribution in [0.1, 0.15) is 5.56 Å². The third-order valence-electron chi connectivity index (χ3n) is 4.66. The fourth-order valence-corrected chi connectivity index (χ4v) is 3.19. The van der Waals surface area contributed by atoms with Gasteiger partial charge in [-0.15, -0.1) is 0 Å². The molecule has 0 fully saturated rings. The third-order valence-corrected chi connectivity index (χ3v) is 4.66. The van der Waals surface area contributed by atoms with Crippen LogP contribution in [0.15, 0.2) is 54.7 Å². The van der Waals surface area contributed by atoms with Gasteiger partial charge >= 0.3 is 0 Å². The van der Waals surface area contributed by atoms with Crippen LogP contribution in [-0.4, -0.2) is 60.3 Å². The number of aromatic nitrogens is 2. The number of halogens is 1. The minimum Gasteiger partial charge on any atom is -0.390 e. The summed E-state index contributed by atoms with van der Waals surface area (Å²) in [5.41, 5.74) is 3.14. The third kappa shape index (κ3) is 6.63. The van der Waals surface area contributed by atoms with Gasteiger partial charge in [0.1, 0.15) is 11.6 Å². The van der Waals surface area contributed by atoms with Crippen LogP contribution in [0.2, 0.25) is 0 Å². The largest absolute Gasteiger partial charge is 0.390 e. The van der Waals surface area contributed by atoms with Gasteiger partial charge < -0.3 is 25.5 Å². The van der Waals surface area contributed by atoms with E-state index >= 15 is 0 Å². The number of rotatable bonds is 9. The van der Waals surface area contributed by atoms with E-state index in [0.29, 0.717) is 30.5 Å². The Kier molecular flexibility index (Phi) is 7.38. The molecule has 3 rings (SSSR count). The number of benzene rings is 2. The van der Waals surface area contributed by atoms with E-state index in [1.165, 1.54) is 6.07 Å². The summed E-state index contributed by atoms with van der Waals surface area (Å²) in [5, 5.41) is 16.3. The van der Waals surface area contributed by atoms with E-state index in [1.807, 2.05) is 62.1 Å². The lowest BCUT2D eigenvalue weighted by Gasteiger charge is -2.24. The molecule has 0 saturated heterocycles. The molecule has 0 bridgehead atoms. The van der Waals surface area contributed by atoms with Gasteiger partial charge in [-0.3, -0.25) is 0 Å². The van der Waals surface area contributed by atoms with E-state index < -0.39 is 6.10 Å². The summed E-state index contributed by atoms with van der Waals surface area (Å²) in [6, 6.07) is 14.3. The number of aliphatic hydroxyl groups is 1. The summed E-state index contributed by atoms with van der Waals surface area (Å²) >= 11 is 0. The van der Waals surface area contributed by atoms with Gasteiger partial charge in [-0.2, -0.15) is 4.98 Å². The lowest BCUT2D eigenvalue weighted by molar-refractivity contribution is 0.143. The Morgan fingerprint density at radius 3 is 2.45 bits per heavy atom. The number of nitrogens with zero attached hydrogens (tertiary/aromatic N) is 4. The first kappa shape index (κ1) is 22.5. The van der Waals surface area contributed by atoms with E-state index in [-0.39, 0.29) is 5.82 Å². The lowest BCUT2D eigenvalue weighted by Crippen LogP contribution is -2.36. The van der Waals surface area contributed by atoms with E-state index in [9.17, 15) is 9.50 Å². The van der Waals surface area contributed by atoms with Crippen molar-refractivity contribution in [3.8, 4) is 0 Å². The van der Waals surface area contributed by atoms with Crippen LogP contribution < -0.4 is 15.5 Å². The molecule has 0 aliphatic rings. The Hall–Kier alpha value is -3.23. The molecular weight excluding hydrogens is 395 g/mol. The van der Waals surface area contributed by atoms with Crippen LogP contribution >= 0.6 is 0 Å². The highest BCUT2D eigenvalue weighted by Gasteiger charge is 2.10. The Labute approximate surface area is 182 Å². The monoisotopic (exact) mass is 424 g/mol. The predicted molar refractivity (Wildman–Crippen MR) is 124 cm³/mol. The van der Waals surface area contributed by atoms with E-state index in [0.717, 1.165) is 16.9 Å². The second-order valence-electron chi connectivity index (χ2n) is 7.84. The second-order valence-corrected chi connectivity index (χ2v) is 7.84. The fraction of sp³-hybridized carbons (Fsp3) is 0.304. The smallest absolute Gasteiger partial charge is 0.229 e. The average Bonchev–Trinajstić information content (AvgIpc) is 2.71. The SMILES string of the molecule is Cc1ccc(F)c(Nc2ccnc(Nc3ccc(N(C)CC(O)CN(C)C)cc3)n2)c1. The van der Waals surface area contributed by atoms with Crippen LogP contribution in [0, 0.1) is 12.7 Å². The van der Waals surface area contributed by atoms with Gasteiger partial charge in [0.15, 0.2) is 0 Å². The Balaban J connectivity index is 1.64. The number of nitrogens with one attached hydrogen (secondary N) is 2. The van der Waals surface area contributed by atoms with Crippen molar-refractivity contribution in [2.24, 2.45) is 0 Å². The normalized spacial score (nSPS) is 12.0. The van der Waals surface area contributed by atoms with E-state index in [4.69, 9.17) is 0 Å². The standard InChI is InChI=1S/C23H29FN6O/c1-16-5-10-20(24)21(13-16)27-22-11-12-25-23(28-22)26-17-6-8-18(9-7-17)30(4)15-19(31)14-29(2)3/h5-13,19,31H,14-15H2,1-4H3,(H2,25,26,27,28). The van der Waals surface area contributed by atoms with Crippen molar-refractivity contribution < 1.29 is 9.50 Å². The number of aryl methyl sites for hydroxylation is 1. The highest BCUT2D eigenvalue weighted by Crippen LogP contribution is 2.22. The van der Waals surface area contributed by atoms with Gasteiger partial charge in [0.25, 0.3) is 0 Å². The van der Waals surface area contributed by atoms with E-state index in [1.54, 1.807) is 24.4 Å². The van der Waals surface area contributed by atoms with Crippen LogP contribution in [0.4, 0.5) is 33.2 Å². The second kappa shape index (κ2) is 10.2. The first-order valence-corrected chi connectivity index (χ1v) is 10.1. The molecule has 1 unspecified atom stereocenters. The molecule has 0 saturated carbocycles. The van der Waals surface area contributed by atoms with Gasteiger partial charge in [-0.05, 0) is 69.0 Å². The maximum Gasteiger partial charge on any atom is 0.229 e. The highest BCUT2D eigenvalue weighted by molar-refractivity contribution is 5.62. The molecule has 3 aromatic rings. The fourth-order valence-electron chi connectivity index (χ4n) is 3.19.